The highest BCUT2D eigenvalue weighted by molar-refractivity contribution is 9.10. The van der Waals surface area contributed by atoms with Gasteiger partial charge in [-0.05, 0) is 41.6 Å². The van der Waals surface area contributed by atoms with Crippen LogP contribution in [0.25, 0.3) is 0 Å². The predicted octanol–water partition coefficient (Wildman–Crippen LogP) is 3.15. The minimum atomic E-state index is 0.529. The van der Waals surface area contributed by atoms with Gasteiger partial charge in [0, 0.05) is 25.3 Å². The van der Waals surface area contributed by atoms with E-state index in [1.54, 1.807) is 0 Å². The number of hydrogen-bond donors (Lipinski definition) is 1. The molecule has 0 amide bonds. The summed E-state index contributed by atoms with van der Waals surface area (Å²) in [6, 6.07) is 0.529. The van der Waals surface area contributed by atoms with Crippen molar-refractivity contribution in [1.29, 1.82) is 0 Å². The third-order valence-electron chi connectivity index (χ3n) is 2.91. The molecule has 0 spiro atoms. The van der Waals surface area contributed by atoms with Crippen molar-refractivity contribution in [3.05, 3.63) is 15.9 Å². The van der Waals surface area contributed by atoms with Gasteiger partial charge in [0.2, 0.25) is 0 Å². The Morgan fingerprint density at radius 2 is 2.17 bits per heavy atom. The molecule has 0 aliphatic heterocycles. The molecule has 18 heavy (non-hydrogen) atoms. The van der Waals surface area contributed by atoms with Crippen molar-refractivity contribution in [3.63, 3.8) is 0 Å². The van der Waals surface area contributed by atoms with Crippen LogP contribution in [0.5, 0.6) is 0 Å². The lowest BCUT2D eigenvalue weighted by Crippen LogP contribution is -2.34. The molecule has 1 aromatic heterocycles. The van der Waals surface area contributed by atoms with Gasteiger partial charge in [0.15, 0.2) is 0 Å². The Hall–Kier alpha value is 0. The lowest BCUT2D eigenvalue weighted by molar-refractivity contribution is 0.531. The van der Waals surface area contributed by atoms with Crippen LogP contribution < -0.4 is 5.32 Å². The van der Waals surface area contributed by atoms with E-state index in [1.807, 2.05) is 30.4 Å². The highest BCUT2D eigenvalue weighted by Crippen LogP contribution is 2.22. The van der Waals surface area contributed by atoms with Crippen molar-refractivity contribution in [3.8, 4) is 0 Å². The zero-order valence-corrected chi connectivity index (χ0v) is 14.2. The molecule has 3 nitrogen and oxygen atoms in total. The van der Waals surface area contributed by atoms with Crippen LogP contribution in [0.4, 0.5) is 0 Å². The fraction of sp³-hybridized carbons (Fsp3) is 0.769. The standard InChI is InChI=1S/C13H24BrN3S/c1-5-7-15-11(9-18-6-2)8-12-13(14)10(3)16-17(12)4/h11,15H,5-9H2,1-4H3. The minimum Gasteiger partial charge on any atom is -0.313 e. The van der Waals surface area contributed by atoms with Gasteiger partial charge >= 0.3 is 0 Å². The molecule has 0 aliphatic rings. The number of aromatic nitrogens is 2. The predicted molar refractivity (Wildman–Crippen MR) is 84.4 cm³/mol. The Morgan fingerprint density at radius 1 is 1.44 bits per heavy atom. The Bertz CT molecular complexity index is 357. The van der Waals surface area contributed by atoms with Crippen LogP contribution in [-0.2, 0) is 13.5 Å². The van der Waals surface area contributed by atoms with Crippen LogP contribution in [0.1, 0.15) is 31.7 Å². The second-order valence-electron chi connectivity index (χ2n) is 4.48. The maximum absolute atomic E-state index is 4.46. The quantitative estimate of drug-likeness (QED) is 0.792. The van der Waals surface area contributed by atoms with Gasteiger partial charge in [0.25, 0.3) is 0 Å². The van der Waals surface area contributed by atoms with E-state index in [-0.39, 0.29) is 0 Å². The molecule has 5 heteroatoms. The third-order valence-corrected chi connectivity index (χ3v) is 4.99. The van der Waals surface area contributed by atoms with Gasteiger partial charge in [0.1, 0.15) is 0 Å². The Kier molecular flexibility index (Phi) is 7.34. The van der Waals surface area contributed by atoms with Crippen LogP contribution in [0.3, 0.4) is 0 Å². The van der Waals surface area contributed by atoms with Crippen molar-refractivity contribution < 1.29 is 0 Å². The summed E-state index contributed by atoms with van der Waals surface area (Å²) < 4.78 is 3.16. The van der Waals surface area contributed by atoms with Crippen molar-refractivity contribution >= 4 is 27.7 Å². The van der Waals surface area contributed by atoms with Crippen LogP contribution in [0.2, 0.25) is 0 Å². The highest BCUT2D eigenvalue weighted by Gasteiger charge is 2.16. The lowest BCUT2D eigenvalue weighted by Gasteiger charge is -2.18. The first-order valence-corrected chi connectivity index (χ1v) is 8.53. The third kappa shape index (κ3) is 4.59. The molecule has 0 saturated heterocycles. The molecule has 1 N–H and O–H groups in total. The molecule has 1 heterocycles. The second-order valence-corrected chi connectivity index (χ2v) is 6.60. The smallest absolute Gasteiger partial charge is 0.0738 e. The zero-order valence-electron chi connectivity index (χ0n) is 11.8. The maximum atomic E-state index is 4.46. The maximum Gasteiger partial charge on any atom is 0.0738 e. The summed E-state index contributed by atoms with van der Waals surface area (Å²) in [4.78, 5) is 0. The highest BCUT2D eigenvalue weighted by atomic mass is 79.9. The van der Waals surface area contributed by atoms with Crippen molar-refractivity contribution in [2.75, 3.05) is 18.1 Å². The molecule has 0 saturated carbocycles. The van der Waals surface area contributed by atoms with E-state index in [0.717, 1.165) is 28.9 Å². The Balaban J connectivity index is 2.68. The summed E-state index contributed by atoms with van der Waals surface area (Å²) in [6.07, 6.45) is 2.21. The largest absolute Gasteiger partial charge is 0.313 e. The SMILES string of the molecule is CCCNC(CSCC)Cc1c(Br)c(C)nn1C. The van der Waals surface area contributed by atoms with Gasteiger partial charge in [-0.1, -0.05) is 13.8 Å². The molecular weight excluding hydrogens is 310 g/mol. The van der Waals surface area contributed by atoms with Crippen LogP contribution in [0.15, 0.2) is 4.47 Å². The van der Waals surface area contributed by atoms with Gasteiger partial charge in [-0.15, -0.1) is 0 Å². The van der Waals surface area contributed by atoms with Crippen LogP contribution >= 0.6 is 27.7 Å². The summed E-state index contributed by atoms with van der Waals surface area (Å²) in [7, 11) is 2.02. The Morgan fingerprint density at radius 3 is 2.67 bits per heavy atom. The van der Waals surface area contributed by atoms with Gasteiger partial charge in [-0.25, -0.2) is 0 Å². The summed E-state index contributed by atoms with van der Waals surface area (Å²) in [5.74, 6) is 2.34. The van der Waals surface area contributed by atoms with E-state index < -0.39 is 0 Å². The Labute approximate surface area is 123 Å². The van der Waals surface area contributed by atoms with Gasteiger partial charge in [0.05, 0.1) is 15.9 Å². The van der Waals surface area contributed by atoms with Crippen molar-refractivity contribution in [2.45, 2.75) is 39.7 Å². The van der Waals surface area contributed by atoms with Crippen molar-refractivity contribution in [1.82, 2.24) is 15.1 Å². The molecule has 1 rings (SSSR count). The number of hydrogen-bond acceptors (Lipinski definition) is 3. The van der Waals surface area contributed by atoms with Crippen LogP contribution in [0, 0.1) is 6.92 Å². The normalized spacial score (nSPS) is 12.9. The van der Waals surface area contributed by atoms with E-state index in [1.165, 1.54) is 17.9 Å². The molecule has 0 radical (unpaired) electrons. The lowest BCUT2D eigenvalue weighted by atomic mass is 10.1. The summed E-state index contributed by atoms with van der Waals surface area (Å²) >= 11 is 5.64. The van der Waals surface area contributed by atoms with Crippen molar-refractivity contribution in [2.24, 2.45) is 7.05 Å². The molecule has 1 unspecified atom stereocenters. The molecule has 1 aromatic rings. The zero-order chi connectivity index (χ0) is 13.5. The summed E-state index contributed by atoms with van der Waals surface area (Å²) in [5, 5.41) is 8.09. The van der Waals surface area contributed by atoms with E-state index in [4.69, 9.17) is 0 Å². The molecule has 1 atom stereocenters. The van der Waals surface area contributed by atoms with E-state index >= 15 is 0 Å². The molecular formula is C13H24BrN3S. The molecule has 0 bridgehead atoms. The van der Waals surface area contributed by atoms with Gasteiger partial charge in [-0.3, -0.25) is 4.68 Å². The number of thioether (sulfide) groups is 1. The first-order chi connectivity index (χ1) is 8.60. The monoisotopic (exact) mass is 333 g/mol. The molecule has 0 fully saturated rings. The van der Waals surface area contributed by atoms with Crippen LogP contribution in [-0.4, -0.2) is 33.9 Å². The number of halogens is 1. The van der Waals surface area contributed by atoms with Gasteiger partial charge < -0.3 is 5.32 Å². The first-order valence-electron chi connectivity index (χ1n) is 6.59. The topological polar surface area (TPSA) is 29.9 Å². The first kappa shape index (κ1) is 16.1. The minimum absolute atomic E-state index is 0.529. The number of nitrogens with zero attached hydrogens (tertiary/aromatic N) is 2. The fourth-order valence-electron chi connectivity index (χ4n) is 1.93. The number of nitrogens with one attached hydrogen (secondary N) is 1. The fourth-order valence-corrected chi connectivity index (χ4v) is 3.19. The second kappa shape index (κ2) is 8.23. The summed E-state index contributed by atoms with van der Waals surface area (Å²) in [6.45, 7) is 7.55. The van der Waals surface area contributed by atoms with Gasteiger partial charge in [-0.2, -0.15) is 16.9 Å². The average molecular weight is 334 g/mol. The van der Waals surface area contributed by atoms with E-state index in [9.17, 15) is 0 Å². The average Bonchev–Trinajstić information content (AvgIpc) is 2.58. The number of rotatable bonds is 8. The number of aryl methyl sites for hydroxylation is 2. The van der Waals surface area contributed by atoms with E-state index in [0.29, 0.717) is 6.04 Å². The summed E-state index contributed by atoms with van der Waals surface area (Å²) in [5.41, 5.74) is 2.36. The molecule has 104 valence electrons. The molecule has 0 aromatic carbocycles. The van der Waals surface area contributed by atoms with E-state index in [2.05, 4.69) is 40.2 Å². The molecule has 0 aliphatic carbocycles.